The van der Waals surface area contributed by atoms with Gasteiger partial charge in [0.15, 0.2) is 0 Å². The number of nitrogens with zero attached hydrogens (tertiary/aromatic N) is 1. The molecule has 1 aromatic carbocycles. The molecular formula is C16H23NO2S2. The minimum atomic E-state index is -0.301. The van der Waals surface area contributed by atoms with Crippen molar-refractivity contribution in [2.24, 2.45) is 0 Å². The molecule has 0 saturated heterocycles. The van der Waals surface area contributed by atoms with Crippen LogP contribution in [0.5, 0.6) is 0 Å². The average Bonchev–Trinajstić information content (AvgIpc) is 2.36. The molecule has 0 heterocycles. The number of rotatable bonds is 2. The molecular weight excluding hydrogens is 302 g/mol. The number of carbonyl (C=O) groups excluding carboxylic acids is 1. The van der Waals surface area contributed by atoms with E-state index in [1.807, 2.05) is 38.1 Å². The molecule has 21 heavy (non-hydrogen) atoms. The summed E-state index contributed by atoms with van der Waals surface area (Å²) in [5.74, 6) is -0.301. The number of methoxy groups -OCH3 is 1. The van der Waals surface area contributed by atoms with Crippen LogP contribution in [-0.2, 0) is 10.2 Å². The van der Waals surface area contributed by atoms with Crippen molar-refractivity contribution >= 4 is 34.3 Å². The third-order valence-electron chi connectivity index (χ3n) is 3.10. The summed E-state index contributed by atoms with van der Waals surface area (Å²) >= 11 is 6.94. The van der Waals surface area contributed by atoms with Crippen molar-refractivity contribution in [1.82, 2.24) is 4.90 Å². The summed E-state index contributed by atoms with van der Waals surface area (Å²) in [6, 6.07) is 3.95. The van der Waals surface area contributed by atoms with Gasteiger partial charge in [-0.3, -0.25) is 0 Å². The van der Waals surface area contributed by atoms with Crippen LogP contribution in [0.3, 0.4) is 0 Å². The number of hydrogen-bond acceptors (Lipinski definition) is 4. The number of carbonyl (C=O) groups is 1. The number of thioether (sulfide) groups is 1. The van der Waals surface area contributed by atoms with E-state index in [2.05, 4.69) is 20.8 Å². The van der Waals surface area contributed by atoms with Crippen LogP contribution < -0.4 is 0 Å². The molecule has 0 saturated carbocycles. The third kappa shape index (κ3) is 4.45. The fourth-order valence-corrected chi connectivity index (χ4v) is 3.22. The van der Waals surface area contributed by atoms with Crippen LogP contribution in [0, 0.1) is 6.92 Å². The molecule has 3 nitrogen and oxygen atoms in total. The predicted molar refractivity (Wildman–Crippen MR) is 93.4 cm³/mol. The molecule has 0 aliphatic carbocycles. The maximum atomic E-state index is 11.9. The number of ether oxygens (including phenoxy) is 1. The molecule has 116 valence electrons. The van der Waals surface area contributed by atoms with Gasteiger partial charge in [0.05, 0.1) is 12.7 Å². The zero-order chi connectivity index (χ0) is 16.4. The SMILES string of the molecule is COC(=O)c1cc(C(C)(C)C)c(SC(=S)N(C)C)cc1C. The van der Waals surface area contributed by atoms with Crippen molar-refractivity contribution in [3.63, 3.8) is 0 Å². The quantitative estimate of drug-likeness (QED) is 0.465. The molecule has 0 spiro atoms. The molecule has 0 fully saturated rings. The van der Waals surface area contributed by atoms with Gasteiger partial charge in [-0.25, -0.2) is 4.79 Å². The first kappa shape index (κ1) is 18.0. The number of benzene rings is 1. The standard InChI is InChI=1S/C16H23NO2S2/c1-10-8-13(21-15(20)17(5)6)12(16(2,3)4)9-11(10)14(18)19-7/h8-9H,1-7H3. The Morgan fingerprint density at radius 2 is 1.86 bits per heavy atom. The van der Waals surface area contributed by atoms with E-state index in [9.17, 15) is 4.79 Å². The summed E-state index contributed by atoms with van der Waals surface area (Å²) in [5.41, 5.74) is 2.53. The minimum Gasteiger partial charge on any atom is -0.465 e. The van der Waals surface area contributed by atoms with Crippen LogP contribution in [0.25, 0.3) is 0 Å². The summed E-state index contributed by atoms with van der Waals surface area (Å²) in [6.07, 6.45) is 0. The highest BCUT2D eigenvalue weighted by atomic mass is 32.2. The molecule has 1 aromatic rings. The monoisotopic (exact) mass is 325 g/mol. The van der Waals surface area contributed by atoms with Crippen molar-refractivity contribution in [1.29, 1.82) is 0 Å². The Hall–Kier alpha value is -1.07. The van der Waals surface area contributed by atoms with Crippen molar-refractivity contribution in [2.45, 2.75) is 38.0 Å². The first-order valence-electron chi connectivity index (χ1n) is 6.70. The first-order chi connectivity index (χ1) is 9.57. The lowest BCUT2D eigenvalue weighted by Gasteiger charge is -2.25. The molecule has 0 aromatic heterocycles. The van der Waals surface area contributed by atoms with Gasteiger partial charge in [-0.1, -0.05) is 44.8 Å². The molecule has 1 rings (SSSR count). The molecule has 0 aliphatic rings. The van der Waals surface area contributed by atoms with Gasteiger partial charge < -0.3 is 9.64 Å². The lowest BCUT2D eigenvalue weighted by atomic mass is 9.85. The van der Waals surface area contributed by atoms with Crippen molar-refractivity contribution in [2.75, 3.05) is 21.2 Å². The fraction of sp³-hybridized carbons (Fsp3) is 0.500. The number of aryl methyl sites for hydroxylation is 1. The van der Waals surface area contributed by atoms with Crippen LogP contribution in [0.4, 0.5) is 0 Å². The molecule has 0 unspecified atom stereocenters. The van der Waals surface area contributed by atoms with Crippen molar-refractivity contribution in [3.8, 4) is 0 Å². The van der Waals surface area contributed by atoms with E-state index < -0.39 is 0 Å². The lowest BCUT2D eigenvalue weighted by molar-refractivity contribution is 0.0599. The molecule has 5 heteroatoms. The second-order valence-corrected chi connectivity index (χ2v) is 7.84. The van der Waals surface area contributed by atoms with E-state index >= 15 is 0 Å². The summed E-state index contributed by atoms with van der Waals surface area (Å²) in [4.78, 5) is 14.9. The Morgan fingerprint density at radius 1 is 1.29 bits per heavy atom. The van der Waals surface area contributed by atoms with Crippen molar-refractivity contribution in [3.05, 3.63) is 28.8 Å². The highest BCUT2D eigenvalue weighted by Crippen LogP contribution is 2.35. The maximum Gasteiger partial charge on any atom is 0.338 e. The Morgan fingerprint density at radius 3 is 2.29 bits per heavy atom. The van der Waals surface area contributed by atoms with Gasteiger partial charge in [0.2, 0.25) is 0 Å². The van der Waals surface area contributed by atoms with Crippen LogP contribution in [-0.4, -0.2) is 36.4 Å². The summed E-state index contributed by atoms with van der Waals surface area (Å²) in [5, 5.41) is 0. The molecule has 0 atom stereocenters. The second-order valence-electron chi connectivity index (χ2n) is 6.17. The molecule has 0 aliphatic heterocycles. The first-order valence-corrected chi connectivity index (χ1v) is 7.93. The Bertz CT molecular complexity index is 560. The van der Waals surface area contributed by atoms with Gasteiger partial charge in [-0.05, 0) is 35.6 Å². The van der Waals surface area contributed by atoms with Gasteiger partial charge in [-0.15, -0.1) is 0 Å². The Labute approximate surface area is 137 Å². The molecule has 0 radical (unpaired) electrons. The van der Waals surface area contributed by atoms with Gasteiger partial charge >= 0.3 is 5.97 Å². The van der Waals surface area contributed by atoms with E-state index in [1.165, 1.54) is 7.11 Å². The summed E-state index contributed by atoms with van der Waals surface area (Å²) in [7, 11) is 5.27. The van der Waals surface area contributed by atoms with Crippen LogP contribution in [0.1, 0.15) is 42.3 Å². The van der Waals surface area contributed by atoms with E-state index in [0.29, 0.717) is 5.56 Å². The van der Waals surface area contributed by atoms with Gasteiger partial charge in [0, 0.05) is 19.0 Å². The number of esters is 1. The smallest absolute Gasteiger partial charge is 0.338 e. The maximum absolute atomic E-state index is 11.9. The average molecular weight is 325 g/mol. The predicted octanol–water partition coefficient (Wildman–Crippen LogP) is 4.02. The third-order valence-corrected chi connectivity index (χ3v) is 4.81. The highest BCUT2D eigenvalue weighted by molar-refractivity contribution is 8.23. The van der Waals surface area contributed by atoms with E-state index in [4.69, 9.17) is 17.0 Å². The van der Waals surface area contributed by atoms with Crippen LogP contribution in [0.2, 0.25) is 0 Å². The van der Waals surface area contributed by atoms with Crippen LogP contribution in [0.15, 0.2) is 17.0 Å². The van der Waals surface area contributed by atoms with E-state index in [-0.39, 0.29) is 11.4 Å². The number of thiocarbonyl (C=S) groups is 1. The normalized spacial score (nSPS) is 11.2. The number of hydrogen-bond donors (Lipinski definition) is 0. The lowest BCUT2D eigenvalue weighted by Crippen LogP contribution is -2.19. The zero-order valence-corrected chi connectivity index (χ0v) is 15.4. The molecule has 0 N–H and O–H groups in total. The Kier molecular flexibility index (Phi) is 5.82. The van der Waals surface area contributed by atoms with Crippen molar-refractivity contribution < 1.29 is 9.53 Å². The van der Waals surface area contributed by atoms with Gasteiger partial charge in [0.1, 0.15) is 4.32 Å². The minimum absolute atomic E-state index is 0.0826. The van der Waals surface area contributed by atoms with Gasteiger partial charge in [0.25, 0.3) is 0 Å². The summed E-state index contributed by atoms with van der Waals surface area (Å²) < 4.78 is 5.66. The van der Waals surface area contributed by atoms with Gasteiger partial charge in [-0.2, -0.15) is 0 Å². The van der Waals surface area contributed by atoms with E-state index in [0.717, 1.165) is 20.3 Å². The Balaban J connectivity index is 3.40. The summed E-state index contributed by atoms with van der Waals surface area (Å²) in [6.45, 7) is 8.30. The second kappa shape index (κ2) is 6.79. The zero-order valence-electron chi connectivity index (χ0n) is 13.7. The van der Waals surface area contributed by atoms with E-state index in [1.54, 1.807) is 11.8 Å². The molecule has 0 amide bonds. The van der Waals surface area contributed by atoms with Crippen LogP contribution >= 0.6 is 24.0 Å². The topological polar surface area (TPSA) is 29.5 Å². The largest absolute Gasteiger partial charge is 0.465 e. The fourth-order valence-electron chi connectivity index (χ4n) is 1.87. The molecule has 0 bridgehead atoms. The highest BCUT2D eigenvalue weighted by Gasteiger charge is 2.23.